The number of benzene rings is 2. The summed E-state index contributed by atoms with van der Waals surface area (Å²) in [7, 11) is 0. The van der Waals surface area contributed by atoms with Gasteiger partial charge in [-0.3, -0.25) is 62.8 Å². The molecule has 0 aliphatic rings. The van der Waals surface area contributed by atoms with Crippen molar-refractivity contribution in [2.45, 2.75) is 13.2 Å². The van der Waals surface area contributed by atoms with Crippen LogP contribution in [-0.2, 0) is 65.8 Å². The maximum atomic E-state index is 12.1. The molecule has 0 aliphatic carbocycles. The van der Waals surface area contributed by atoms with Crippen LogP contribution >= 0.6 is 15.9 Å². The van der Waals surface area contributed by atoms with Crippen LogP contribution in [0.25, 0.3) is 0 Å². The van der Waals surface area contributed by atoms with Crippen molar-refractivity contribution in [3.8, 4) is 0 Å². The number of nitrogen functional groups attached to an aromatic ring is 1. The lowest BCUT2D eigenvalue weighted by Gasteiger charge is -2.24. The maximum Gasteiger partial charge on any atom is 0.320 e. The molecule has 0 fully saturated rings. The number of carbonyl (C=O) groups is 9. The van der Waals surface area contributed by atoms with E-state index >= 15 is 0 Å². The second kappa shape index (κ2) is 28.3. The van der Waals surface area contributed by atoms with Gasteiger partial charge in [0.25, 0.3) is 0 Å². The van der Waals surface area contributed by atoms with Crippen LogP contribution in [0.1, 0.15) is 11.1 Å². The Morgan fingerprint density at radius 2 is 0.767 bits per heavy atom. The zero-order chi connectivity index (χ0) is 45.2. The van der Waals surface area contributed by atoms with E-state index in [2.05, 4.69) is 21.2 Å². The number of aliphatic carboxylic acids is 6. The summed E-state index contributed by atoms with van der Waals surface area (Å²) in [6, 6.07) is 13.3. The van der Waals surface area contributed by atoms with Gasteiger partial charge in [0, 0.05) is 37.6 Å². The number of esters is 2. The van der Waals surface area contributed by atoms with Crippen LogP contribution in [-0.4, -0.2) is 188 Å². The molecule has 0 atom stereocenters. The van der Waals surface area contributed by atoms with E-state index in [1.54, 1.807) is 48.5 Å². The molecule has 330 valence electrons. The number of nitrogens with two attached hydrogens (primary N) is 1. The number of carboxylic acid groups (broad SMARTS) is 6. The van der Waals surface area contributed by atoms with E-state index < -0.39 is 87.0 Å². The van der Waals surface area contributed by atoms with Crippen LogP contribution < -0.4 is 11.1 Å². The average molecular weight is 916 g/mol. The fourth-order valence-electron chi connectivity index (χ4n) is 4.85. The lowest BCUT2D eigenvalue weighted by Crippen LogP contribution is -2.43. The van der Waals surface area contributed by atoms with Gasteiger partial charge in [0.1, 0.15) is 13.2 Å². The molecule has 2 aromatic carbocycles. The molecule has 9 N–H and O–H groups in total. The summed E-state index contributed by atoms with van der Waals surface area (Å²) in [4.78, 5) is 106. The first-order chi connectivity index (χ1) is 28.2. The predicted molar refractivity (Wildman–Crippen MR) is 211 cm³/mol. The van der Waals surface area contributed by atoms with E-state index in [4.69, 9.17) is 45.8 Å². The van der Waals surface area contributed by atoms with Crippen LogP contribution in [0.3, 0.4) is 0 Å². The second-order valence-corrected chi connectivity index (χ2v) is 13.2. The molecule has 0 unspecified atom stereocenters. The van der Waals surface area contributed by atoms with Gasteiger partial charge in [-0.15, -0.1) is 0 Å². The van der Waals surface area contributed by atoms with Crippen molar-refractivity contribution in [3.63, 3.8) is 0 Å². The monoisotopic (exact) mass is 914 g/mol. The molecule has 0 spiro atoms. The quantitative estimate of drug-likeness (QED) is 0.0291. The van der Waals surface area contributed by atoms with Crippen LogP contribution in [0.5, 0.6) is 0 Å². The largest absolute Gasteiger partial charge is 0.480 e. The lowest BCUT2D eigenvalue weighted by molar-refractivity contribution is -0.149. The summed E-state index contributed by atoms with van der Waals surface area (Å²) in [6.07, 6.45) is 0. The molecular weight excluding hydrogens is 868 g/mol. The Balaban J connectivity index is 0.000000605. The smallest absolute Gasteiger partial charge is 0.320 e. The highest BCUT2D eigenvalue weighted by Gasteiger charge is 2.21. The van der Waals surface area contributed by atoms with E-state index in [-0.39, 0.29) is 63.7 Å². The van der Waals surface area contributed by atoms with Gasteiger partial charge in [0.2, 0.25) is 5.91 Å². The van der Waals surface area contributed by atoms with E-state index in [9.17, 15) is 43.2 Å². The third kappa shape index (κ3) is 25.9. The standard InChI is InChI=1S/C19H24BrN3O9.C17H23N3O8/c20-7-15(24)21-14-3-1-13(2-4-14)12-32-19(31)11-23(10-18(29)30)6-5-22(8-16(25)26)9-17(27)28;18-13-3-1-12(2-4-13)11-28-17(27)10-20(9-16(25)26)6-5-19(7-14(21)22)8-15(23)24/h1-4H,5-12H2,(H,21,24)(H,25,26)(H,27,28)(H,29,30);1-4H,5-11,18H2,(H,21,22)(H,23,24)(H,25,26). The van der Waals surface area contributed by atoms with Gasteiger partial charge in [0.05, 0.1) is 57.7 Å². The number of carboxylic acids is 6. The molecule has 0 heterocycles. The molecule has 24 heteroatoms. The zero-order valence-electron chi connectivity index (χ0n) is 32.1. The molecule has 1 amide bonds. The molecule has 23 nitrogen and oxygen atoms in total. The Kier molecular flexibility index (Phi) is 24.4. The number of nitrogens with zero attached hydrogens (tertiary/aromatic N) is 4. The molecule has 0 aliphatic heterocycles. The number of nitrogens with one attached hydrogen (secondary N) is 1. The van der Waals surface area contributed by atoms with Crippen molar-refractivity contribution < 1.29 is 83.3 Å². The Labute approximate surface area is 350 Å². The van der Waals surface area contributed by atoms with Crippen LogP contribution in [0.4, 0.5) is 11.4 Å². The number of anilines is 2. The summed E-state index contributed by atoms with van der Waals surface area (Å²) in [5.41, 5.74) is 8.06. The minimum Gasteiger partial charge on any atom is -0.480 e. The predicted octanol–water partition coefficient (Wildman–Crippen LogP) is -0.909. The van der Waals surface area contributed by atoms with Gasteiger partial charge in [-0.1, -0.05) is 40.2 Å². The number of hydrogen-bond acceptors (Lipinski definition) is 16. The Morgan fingerprint density at radius 1 is 0.483 bits per heavy atom. The summed E-state index contributed by atoms with van der Waals surface area (Å²) in [6.45, 7) is -4.09. The summed E-state index contributed by atoms with van der Waals surface area (Å²) < 4.78 is 10.2. The first-order valence-electron chi connectivity index (χ1n) is 17.5. The molecular formula is C36H47BrN6O17. The molecule has 2 rings (SSSR count). The van der Waals surface area contributed by atoms with Crippen LogP contribution in [0.2, 0.25) is 0 Å². The summed E-state index contributed by atoms with van der Waals surface area (Å²) in [5, 5.41) is 56.2. The number of hydrogen-bond donors (Lipinski definition) is 8. The van der Waals surface area contributed by atoms with Crippen LogP contribution in [0, 0.1) is 0 Å². The van der Waals surface area contributed by atoms with Gasteiger partial charge < -0.3 is 51.2 Å². The molecule has 2 aromatic rings. The molecule has 0 saturated carbocycles. The SMILES string of the molecule is Nc1ccc(COC(=O)CN(CCN(CC(=O)O)CC(=O)O)CC(=O)O)cc1.O=C(O)CN(CCN(CC(=O)O)CC(=O)OCc1ccc(NC(=O)CBr)cc1)CC(=O)O. The van der Waals surface area contributed by atoms with Gasteiger partial charge in [-0.25, -0.2) is 0 Å². The van der Waals surface area contributed by atoms with E-state index in [0.717, 1.165) is 9.80 Å². The number of rotatable bonds is 28. The van der Waals surface area contributed by atoms with Gasteiger partial charge >= 0.3 is 47.8 Å². The zero-order valence-corrected chi connectivity index (χ0v) is 33.7. The van der Waals surface area contributed by atoms with Crippen molar-refractivity contribution in [2.75, 3.05) is 94.9 Å². The Bertz CT molecular complexity index is 1730. The van der Waals surface area contributed by atoms with Gasteiger partial charge in [-0.2, -0.15) is 0 Å². The highest BCUT2D eigenvalue weighted by atomic mass is 79.9. The first kappa shape index (κ1) is 51.8. The van der Waals surface area contributed by atoms with Crippen LogP contribution in [0.15, 0.2) is 48.5 Å². The third-order valence-corrected chi connectivity index (χ3v) is 7.97. The number of halogens is 1. The Morgan fingerprint density at radius 3 is 1.05 bits per heavy atom. The van der Waals surface area contributed by atoms with Crippen molar-refractivity contribution >= 4 is 81.0 Å². The van der Waals surface area contributed by atoms with Gasteiger partial charge in [0.15, 0.2) is 0 Å². The minimum absolute atomic E-state index is 0.00974. The summed E-state index contributed by atoms with van der Waals surface area (Å²) >= 11 is 3.04. The second-order valence-electron chi connectivity index (χ2n) is 12.6. The molecule has 0 saturated heterocycles. The van der Waals surface area contributed by atoms with E-state index in [1.165, 1.54) is 9.80 Å². The van der Waals surface area contributed by atoms with Crippen molar-refractivity contribution in [1.29, 1.82) is 0 Å². The first-order valence-corrected chi connectivity index (χ1v) is 18.7. The van der Waals surface area contributed by atoms with Crippen molar-refractivity contribution in [1.82, 2.24) is 19.6 Å². The van der Waals surface area contributed by atoms with Gasteiger partial charge in [-0.05, 0) is 35.4 Å². The number of alkyl halides is 1. The van der Waals surface area contributed by atoms with Crippen molar-refractivity contribution in [2.24, 2.45) is 0 Å². The topological polar surface area (TPSA) is 344 Å². The molecule has 0 bridgehead atoms. The lowest BCUT2D eigenvalue weighted by atomic mass is 10.2. The normalized spacial score (nSPS) is 10.8. The number of ether oxygens (including phenoxy) is 2. The number of amides is 1. The molecule has 0 aromatic heterocycles. The van der Waals surface area contributed by atoms with E-state index in [0.29, 0.717) is 22.5 Å². The highest BCUT2D eigenvalue weighted by Crippen LogP contribution is 2.11. The van der Waals surface area contributed by atoms with E-state index in [1.807, 2.05) is 0 Å². The maximum absolute atomic E-state index is 12.1. The highest BCUT2D eigenvalue weighted by molar-refractivity contribution is 9.09. The molecule has 0 radical (unpaired) electrons. The third-order valence-electron chi connectivity index (χ3n) is 7.46. The fourth-order valence-corrected chi connectivity index (χ4v) is 4.99. The summed E-state index contributed by atoms with van der Waals surface area (Å²) in [5.74, 6) is -8.86. The van der Waals surface area contributed by atoms with Crippen molar-refractivity contribution in [3.05, 3.63) is 59.7 Å². The molecule has 60 heavy (non-hydrogen) atoms. The Hall–Kier alpha value is -6.21. The number of carbonyl (C=O) groups excluding carboxylic acids is 3. The fraction of sp³-hybridized carbons (Fsp3) is 0.417. The minimum atomic E-state index is -1.23. The average Bonchev–Trinajstić information content (AvgIpc) is 3.14.